The zero-order valence-corrected chi connectivity index (χ0v) is 12.7. The molecule has 0 radical (unpaired) electrons. The molecule has 1 aliphatic rings. The Morgan fingerprint density at radius 1 is 1.13 bits per heavy atom. The predicted molar refractivity (Wildman–Crippen MR) is 84.8 cm³/mol. The minimum absolute atomic E-state index is 0.106. The van der Waals surface area contributed by atoms with Crippen molar-refractivity contribution in [2.75, 3.05) is 0 Å². The third-order valence-corrected chi connectivity index (χ3v) is 4.02. The second-order valence-corrected chi connectivity index (χ2v) is 5.74. The van der Waals surface area contributed by atoms with E-state index in [4.69, 9.17) is 4.74 Å². The van der Waals surface area contributed by atoms with Crippen molar-refractivity contribution < 1.29 is 13.9 Å². The van der Waals surface area contributed by atoms with Gasteiger partial charge in [0.05, 0.1) is 0 Å². The van der Waals surface area contributed by atoms with Crippen molar-refractivity contribution in [1.29, 1.82) is 0 Å². The number of hydrogen-bond acceptors (Lipinski definition) is 3. The first-order valence-electron chi connectivity index (χ1n) is 7.85. The SMILES string of the molecule is O=C(NC1CCC(Oc2ccccn2)CC1)c1cccc(F)c1. The average molecular weight is 314 g/mol. The molecule has 1 aromatic heterocycles. The number of hydrogen-bond donors (Lipinski definition) is 1. The predicted octanol–water partition coefficient (Wildman–Crippen LogP) is 3.34. The molecule has 0 unspecified atom stereocenters. The van der Waals surface area contributed by atoms with Crippen LogP contribution in [-0.4, -0.2) is 23.0 Å². The van der Waals surface area contributed by atoms with E-state index < -0.39 is 5.82 Å². The summed E-state index contributed by atoms with van der Waals surface area (Å²) >= 11 is 0. The summed E-state index contributed by atoms with van der Waals surface area (Å²) in [5.41, 5.74) is 0.358. The Kier molecular flexibility index (Phi) is 4.86. The third-order valence-electron chi connectivity index (χ3n) is 4.02. The van der Waals surface area contributed by atoms with Crippen LogP contribution >= 0.6 is 0 Å². The summed E-state index contributed by atoms with van der Waals surface area (Å²) in [6.07, 6.45) is 5.26. The van der Waals surface area contributed by atoms with Crippen LogP contribution in [0, 0.1) is 5.82 Å². The molecule has 0 aliphatic heterocycles. The van der Waals surface area contributed by atoms with Gasteiger partial charge < -0.3 is 10.1 Å². The average Bonchev–Trinajstić information content (AvgIpc) is 2.57. The summed E-state index contributed by atoms with van der Waals surface area (Å²) in [5.74, 6) is 0.0171. The Bertz CT molecular complexity index is 655. The summed E-state index contributed by atoms with van der Waals surface area (Å²) in [7, 11) is 0. The number of benzene rings is 1. The van der Waals surface area contributed by atoms with Crippen LogP contribution in [0.5, 0.6) is 5.88 Å². The molecular weight excluding hydrogens is 295 g/mol. The van der Waals surface area contributed by atoms with Crippen LogP contribution in [0.2, 0.25) is 0 Å². The summed E-state index contributed by atoms with van der Waals surface area (Å²) in [6, 6.07) is 11.4. The lowest BCUT2D eigenvalue weighted by atomic mass is 9.92. The Labute approximate surface area is 134 Å². The number of amides is 1. The molecule has 1 saturated carbocycles. The molecular formula is C18H19FN2O2. The molecule has 0 saturated heterocycles. The molecule has 0 bridgehead atoms. The summed E-state index contributed by atoms with van der Waals surface area (Å²) in [4.78, 5) is 16.3. The Balaban J connectivity index is 1.48. The van der Waals surface area contributed by atoms with Crippen molar-refractivity contribution in [1.82, 2.24) is 10.3 Å². The Morgan fingerprint density at radius 2 is 1.96 bits per heavy atom. The molecule has 0 atom stereocenters. The van der Waals surface area contributed by atoms with Crippen LogP contribution in [-0.2, 0) is 0 Å². The number of carbonyl (C=O) groups is 1. The number of nitrogens with zero attached hydrogens (tertiary/aromatic N) is 1. The fourth-order valence-electron chi connectivity index (χ4n) is 2.81. The van der Waals surface area contributed by atoms with Gasteiger partial charge in [-0.05, 0) is 49.9 Å². The van der Waals surface area contributed by atoms with Gasteiger partial charge in [0, 0.05) is 23.9 Å². The standard InChI is InChI=1S/C18H19FN2O2/c19-14-5-3-4-13(12-14)18(22)21-15-7-9-16(10-8-15)23-17-6-1-2-11-20-17/h1-6,11-12,15-16H,7-10H2,(H,21,22). The minimum Gasteiger partial charge on any atom is -0.474 e. The molecule has 2 aromatic rings. The maximum atomic E-state index is 13.2. The van der Waals surface area contributed by atoms with Crippen molar-refractivity contribution in [3.8, 4) is 5.88 Å². The number of rotatable bonds is 4. The Hall–Kier alpha value is -2.43. The van der Waals surface area contributed by atoms with Crippen molar-refractivity contribution in [2.45, 2.75) is 37.8 Å². The van der Waals surface area contributed by atoms with Crippen LogP contribution in [0.1, 0.15) is 36.0 Å². The third kappa shape index (κ3) is 4.28. The van der Waals surface area contributed by atoms with Crippen LogP contribution < -0.4 is 10.1 Å². The van der Waals surface area contributed by atoms with E-state index in [1.54, 1.807) is 18.3 Å². The van der Waals surface area contributed by atoms with Gasteiger partial charge in [-0.25, -0.2) is 9.37 Å². The van der Waals surface area contributed by atoms with E-state index in [2.05, 4.69) is 10.3 Å². The molecule has 1 amide bonds. The monoisotopic (exact) mass is 314 g/mol. The number of halogens is 1. The van der Waals surface area contributed by atoms with Crippen molar-refractivity contribution in [3.05, 3.63) is 60.0 Å². The van der Waals surface area contributed by atoms with E-state index in [0.717, 1.165) is 25.7 Å². The van der Waals surface area contributed by atoms with Gasteiger partial charge in [0.1, 0.15) is 11.9 Å². The van der Waals surface area contributed by atoms with Gasteiger partial charge in [0.25, 0.3) is 5.91 Å². The molecule has 1 N–H and O–H groups in total. The lowest BCUT2D eigenvalue weighted by Crippen LogP contribution is -2.39. The van der Waals surface area contributed by atoms with Crippen molar-refractivity contribution in [2.24, 2.45) is 0 Å². The first kappa shape index (κ1) is 15.5. The highest BCUT2D eigenvalue weighted by molar-refractivity contribution is 5.94. The summed E-state index contributed by atoms with van der Waals surface area (Å²) < 4.78 is 19.0. The van der Waals surface area contributed by atoms with Crippen molar-refractivity contribution in [3.63, 3.8) is 0 Å². The number of nitrogens with one attached hydrogen (secondary N) is 1. The molecule has 5 heteroatoms. The van der Waals surface area contributed by atoms with Crippen LogP contribution in [0.4, 0.5) is 4.39 Å². The number of ether oxygens (including phenoxy) is 1. The zero-order valence-electron chi connectivity index (χ0n) is 12.7. The van der Waals surface area contributed by atoms with E-state index in [-0.39, 0.29) is 18.1 Å². The van der Waals surface area contributed by atoms with Crippen LogP contribution in [0.3, 0.4) is 0 Å². The molecule has 1 aliphatic carbocycles. The largest absolute Gasteiger partial charge is 0.474 e. The van der Waals surface area contributed by atoms with E-state index in [1.807, 2.05) is 18.2 Å². The van der Waals surface area contributed by atoms with Crippen LogP contribution in [0.25, 0.3) is 0 Å². The normalized spacial score (nSPS) is 20.7. The van der Waals surface area contributed by atoms with E-state index in [0.29, 0.717) is 11.4 Å². The van der Waals surface area contributed by atoms with E-state index >= 15 is 0 Å². The topological polar surface area (TPSA) is 51.2 Å². The maximum absolute atomic E-state index is 13.2. The number of carbonyl (C=O) groups excluding carboxylic acids is 1. The molecule has 4 nitrogen and oxygen atoms in total. The lowest BCUT2D eigenvalue weighted by molar-refractivity contribution is 0.0889. The van der Waals surface area contributed by atoms with Gasteiger partial charge in [-0.1, -0.05) is 12.1 Å². The molecule has 1 heterocycles. The highest BCUT2D eigenvalue weighted by Crippen LogP contribution is 2.23. The molecule has 23 heavy (non-hydrogen) atoms. The fourth-order valence-corrected chi connectivity index (χ4v) is 2.81. The highest BCUT2D eigenvalue weighted by Gasteiger charge is 2.24. The van der Waals surface area contributed by atoms with Gasteiger partial charge in [-0.2, -0.15) is 0 Å². The fraction of sp³-hybridized carbons (Fsp3) is 0.333. The molecule has 1 fully saturated rings. The zero-order chi connectivity index (χ0) is 16.1. The molecule has 0 spiro atoms. The second-order valence-electron chi connectivity index (χ2n) is 5.74. The van der Waals surface area contributed by atoms with Gasteiger partial charge in [-0.3, -0.25) is 4.79 Å². The molecule has 120 valence electrons. The number of pyridine rings is 1. The summed E-state index contributed by atoms with van der Waals surface area (Å²) in [5, 5.41) is 2.97. The molecule has 3 rings (SSSR count). The maximum Gasteiger partial charge on any atom is 0.251 e. The lowest BCUT2D eigenvalue weighted by Gasteiger charge is -2.29. The Morgan fingerprint density at radius 3 is 2.65 bits per heavy atom. The minimum atomic E-state index is -0.398. The summed E-state index contributed by atoms with van der Waals surface area (Å²) in [6.45, 7) is 0. The van der Waals surface area contributed by atoms with E-state index in [1.165, 1.54) is 12.1 Å². The van der Waals surface area contributed by atoms with Crippen molar-refractivity contribution >= 4 is 5.91 Å². The smallest absolute Gasteiger partial charge is 0.251 e. The van der Waals surface area contributed by atoms with Gasteiger partial charge >= 0.3 is 0 Å². The first-order chi connectivity index (χ1) is 11.2. The second kappa shape index (κ2) is 7.22. The molecule has 1 aromatic carbocycles. The van der Waals surface area contributed by atoms with E-state index in [9.17, 15) is 9.18 Å². The van der Waals surface area contributed by atoms with Crippen LogP contribution in [0.15, 0.2) is 48.7 Å². The van der Waals surface area contributed by atoms with Gasteiger partial charge in [0.15, 0.2) is 0 Å². The van der Waals surface area contributed by atoms with Gasteiger partial charge in [-0.15, -0.1) is 0 Å². The highest BCUT2D eigenvalue weighted by atomic mass is 19.1. The van der Waals surface area contributed by atoms with Gasteiger partial charge in [0.2, 0.25) is 5.88 Å². The first-order valence-corrected chi connectivity index (χ1v) is 7.85. The quantitative estimate of drug-likeness (QED) is 0.941. The number of aromatic nitrogens is 1.